The second-order valence-corrected chi connectivity index (χ2v) is 6.21. The lowest BCUT2D eigenvalue weighted by molar-refractivity contribution is -0.287. The molecule has 31 heavy (non-hydrogen) atoms. The van der Waals surface area contributed by atoms with Crippen LogP contribution in [0.25, 0.3) is 0 Å². The van der Waals surface area contributed by atoms with E-state index in [0.29, 0.717) is 12.1 Å². The number of carbonyl (C=O) groups excluding carboxylic acids is 2. The van der Waals surface area contributed by atoms with Gasteiger partial charge in [0, 0.05) is 5.56 Å². The summed E-state index contributed by atoms with van der Waals surface area (Å²) >= 11 is 0. The Hall–Kier alpha value is -3.08. The summed E-state index contributed by atoms with van der Waals surface area (Å²) < 4.78 is 89.9. The molecule has 2 rings (SSSR count). The third kappa shape index (κ3) is 5.75. The predicted molar refractivity (Wildman–Crippen MR) is 95.6 cm³/mol. The minimum atomic E-state index is -5.49. The Morgan fingerprint density at radius 3 is 2.13 bits per heavy atom. The van der Waals surface area contributed by atoms with Gasteiger partial charge in [-0.05, 0) is 30.7 Å². The number of hydrogen-bond donors (Lipinski definition) is 1. The molecule has 0 aromatic heterocycles. The molecule has 1 atom stereocenters. The third-order valence-electron chi connectivity index (χ3n) is 4.00. The highest BCUT2D eigenvalue weighted by molar-refractivity contribution is 5.98. The van der Waals surface area contributed by atoms with Crippen LogP contribution in [0.5, 0.6) is 0 Å². The zero-order valence-corrected chi connectivity index (χ0v) is 16.0. The van der Waals surface area contributed by atoms with Gasteiger partial charge in [0.05, 0.1) is 18.8 Å². The van der Waals surface area contributed by atoms with Gasteiger partial charge in [0.15, 0.2) is 0 Å². The maximum Gasteiger partial charge on any atom is 0.448 e. The lowest BCUT2D eigenvalue weighted by Crippen LogP contribution is -2.66. The maximum atomic E-state index is 14.0. The summed E-state index contributed by atoms with van der Waals surface area (Å²) in [7, 11) is 0. The Morgan fingerprint density at radius 2 is 1.58 bits per heavy atom. The quantitative estimate of drug-likeness (QED) is 0.385. The molecule has 0 radical (unpaired) electrons. The van der Waals surface area contributed by atoms with E-state index in [0.717, 1.165) is 12.1 Å². The Kier molecular flexibility index (Phi) is 7.32. The van der Waals surface area contributed by atoms with Crippen LogP contribution in [0.1, 0.15) is 28.4 Å². The smallest absolute Gasteiger partial charge is 0.448 e. The van der Waals surface area contributed by atoms with Crippen molar-refractivity contribution >= 4 is 11.9 Å². The maximum absolute atomic E-state index is 14.0. The van der Waals surface area contributed by atoms with Gasteiger partial charge in [-0.3, -0.25) is 4.79 Å². The first kappa shape index (κ1) is 24.2. The second-order valence-electron chi connectivity index (χ2n) is 6.21. The normalized spacial score (nSPS) is 13.9. The summed E-state index contributed by atoms with van der Waals surface area (Å²) in [4.78, 5) is 24.7. The molecule has 0 spiro atoms. The fourth-order valence-electron chi connectivity index (χ4n) is 2.48. The molecule has 0 aliphatic carbocycles. The molecule has 0 heterocycles. The minimum absolute atomic E-state index is 0.244. The zero-order chi connectivity index (χ0) is 23.3. The summed E-state index contributed by atoms with van der Waals surface area (Å²) in [5.74, 6) is -3.57. The highest BCUT2D eigenvalue weighted by Crippen LogP contribution is 2.35. The SMILES string of the molecule is CCOC(=O)C(NC(=O)c1cccc(C(F)(F)F)c1)(OCc1ccccc1)C(F)(F)F. The van der Waals surface area contributed by atoms with Crippen molar-refractivity contribution in [3.8, 4) is 0 Å². The number of carbonyl (C=O) groups is 2. The summed E-state index contributed by atoms with van der Waals surface area (Å²) in [6, 6.07) is 10.2. The highest BCUT2D eigenvalue weighted by atomic mass is 19.4. The van der Waals surface area contributed by atoms with Crippen LogP contribution >= 0.6 is 0 Å². The van der Waals surface area contributed by atoms with Crippen molar-refractivity contribution in [2.24, 2.45) is 0 Å². The topological polar surface area (TPSA) is 64.6 Å². The molecule has 1 N–H and O–H groups in total. The van der Waals surface area contributed by atoms with E-state index in [1.54, 1.807) is 6.07 Å². The third-order valence-corrected chi connectivity index (χ3v) is 4.00. The Morgan fingerprint density at radius 1 is 0.935 bits per heavy atom. The molecule has 0 saturated heterocycles. The van der Waals surface area contributed by atoms with E-state index >= 15 is 0 Å². The standard InChI is InChI=1S/C20H17F6NO4/c1-2-30-17(29)18(20(24,25)26,31-12-13-7-4-3-5-8-13)27-16(28)14-9-6-10-15(11-14)19(21,22)23/h3-11H,2,12H2,1H3,(H,27,28). The van der Waals surface area contributed by atoms with E-state index in [1.165, 1.54) is 36.5 Å². The number of ether oxygens (including phenoxy) is 2. The lowest BCUT2D eigenvalue weighted by atomic mass is 10.1. The number of nitrogens with one attached hydrogen (secondary N) is 1. The van der Waals surface area contributed by atoms with Crippen molar-refractivity contribution < 1.29 is 45.4 Å². The predicted octanol–water partition coefficient (Wildman–Crippen LogP) is 4.47. The highest BCUT2D eigenvalue weighted by Gasteiger charge is 2.65. The van der Waals surface area contributed by atoms with Crippen LogP contribution in [0.3, 0.4) is 0 Å². The first-order valence-corrected chi connectivity index (χ1v) is 8.82. The van der Waals surface area contributed by atoms with Crippen molar-refractivity contribution in [3.05, 3.63) is 71.3 Å². The summed E-state index contributed by atoms with van der Waals surface area (Å²) in [5.41, 5.74) is -5.70. The molecule has 2 aromatic rings. The van der Waals surface area contributed by atoms with Gasteiger partial charge in [0.25, 0.3) is 5.91 Å². The van der Waals surface area contributed by atoms with Crippen LogP contribution in [0.4, 0.5) is 26.3 Å². The Labute approximate surface area is 173 Å². The monoisotopic (exact) mass is 449 g/mol. The fourth-order valence-corrected chi connectivity index (χ4v) is 2.48. The molecule has 1 unspecified atom stereocenters. The molecule has 0 bridgehead atoms. The second kappa shape index (κ2) is 9.38. The summed E-state index contributed by atoms with van der Waals surface area (Å²) in [5, 5.41) is 1.39. The largest absolute Gasteiger partial charge is 0.462 e. The Bertz CT molecular complexity index is 914. The molecule has 1 amide bonds. The minimum Gasteiger partial charge on any atom is -0.462 e. The molecule has 5 nitrogen and oxygen atoms in total. The average molecular weight is 449 g/mol. The molecule has 11 heteroatoms. The van der Waals surface area contributed by atoms with Crippen LogP contribution in [0, 0.1) is 0 Å². The van der Waals surface area contributed by atoms with Crippen molar-refractivity contribution in [2.75, 3.05) is 6.61 Å². The van der Waals surface area contributed by atoms with E-state index in [-0.39, 0.29) is 5.56 Å². The molecular formula is C20H17F6NO4. The van der Waals surface area contributed by atoms with Crippen LogP contribution in [0.15, 0.2) is 54.6 Å². The van der Waals surface area contributed by atoms with Crippen LogP contribution in [-0.4, -0.2) is 30.4 Å². The van der Waals surface area contributed by atoms with Crippen molar-refractivity contribution in [2.45, 2.75) is 31.6 Å². The molecule has 168 valence electrons. The first-order chi connectivity index (χ1) is 14.4. The fraction of sp³-hybridized carbons (Fsp3) is 0.300. The average Bonchev–Trinajstić information content (AvgIpc) is 2.70. The van der Waals surface area contributed by atoms with Crippen molar-refractivity contribution in [1.29, 1.82) is 0 Å². The lowest BCUT2D eigenvalue weighted by Gasteiger charge is -2.33. The molecule has 0 aliphatic heterocycles. The van der Waals surface area contributed by atoms with E-state index < -0.39 is 54.3 Å². The van der Waals surface area contributed by atoms with E-state index in [4.69, 9.17) is 4.74 Å². The van der Waals surface area contributed by atoms with Crippen molar-refractivity contribution in [3.63, 3.8) is 0 Å². The van der Waals surface area contributed by atoms with Gasteiger partial charge < -0.3 is 14.8 Å². The molecular weight excluding hydrogens is 432 g/mol. The van der Waals surface area contributed by atoms with Gasteiger partial charge in [-0.1, -0.05) is 36.4 Å². The van der Waals surface area contributed by atoms with Gasteiger partial charge >= 0.3 is 24.0 Å². The molecule has 0 saturated carbocycles. The van der Waals surface area contributed by atoms with Crippen molar-refractivity contribution in [1.82, 2.24) is 5.32 Å². The van der Waals surface area contributed by atoms with Gasteiger partial charge in [-0.25, -0.2) is 4.79 Å². The first-order valence-electron chi connectivity index (χ1n) is 8.82. The number of benzene rings is 2. The van der Waals surface area contributed by atoms with E-state index in [9.17, 15) is 35.9 Å². The Balaban J connectivity index is 2.43. The number of amides is 1. The zero-order valence-electron chi connectivity index (χ0n) is 16.0. The molecule has 0 aliphatic rings. The van der Waals surface area contributed by atoms with Gasteiger partial charge in [0.2, 0.25) is 0 Å². The van der Waals surface area contributed by atoms with Crippen LogP contribution in [0.2, 0.25) is 0 Å². The summed E-state index contributed by atoms with van der Waals surface area (Å²) in [6.45, 7) is 0.0255. The van der Waals surface area contributed by atoms with Crippen LogP contribution in [-0.2, 0) is 27.1 Å². The molecule has 2 aromatic carbocycles. The summed E-state index contributed by atoms with van der Waals surface area (Å²) in [6.07, 6.45) is -10.3. The van der Waals surface area contributed by atoms with Gasteiger partial charge in [0.1, 0.15) is 0 Å². The van der Waals surface area contributed by atoms with E-state index in [2.05, 4.69) is 4.74 Å². The van der Waals surface area contributed by atoms with Gasteiger partial charge in [-0.15, -0.1) is 0 Å². The van der Waals surface area contributed by atoms with Gasteiger partial charge in [-0.2, -0.15) is 26.3 Å². The van der Waals surface area contributed by atoms with E-state index in [1.807, 2.05) is 0 Å². The number of hydrogen-bond acceptors (Lipinski definition) is 4. The number of alkyl halides is 6. The number of rotatable bonds is 7. The number of halogens is 6. The number of esters is 1. The van der Waals surface area contributed by atoms with Crippen LogP contribution < -0.4 is 5.32 Å². The molecule has 0 fully saturated rings.